The molecule has 1 amide bonds. The number of hydrogen-bond acceptors (Lipinski definition) is 5. The zero-order chi connectivity index (χ0) is 20.9. The molecule has 3 aromatic carbocycles. The molecule has 0 aromatic heterocycles. The average Bonchev–Trinajstić information content (AvgIpc) is 3.18. The van der Waals surface area contributed by atoms with E-state index in [9.17, 15) is 4.79 Å². The van der Waals surface area contributed by atoms with Crippen molar-refractivity contribution in [1.82, 2.24) is 5.32 Å². The van der Waals surface area contributed by atoms with Gasteiger partial charge in [0.15, 0.2) is 5.11 Å². The number of carbonyl (C=O) groups is 1. The summed E-state index contributed by atoms with van der Waals surface area (Å²) in [4.78, 5) is 12.6. The van der Waals surface area contributed by atoms with E-state index in [4.69, 9.17) is 21.7 Å². The molecule has 1 heterocycles. The lowest BCUT2D eigenvalue weighted by Gasteiger charge is -2.14. The lowest BCUT2D eigenvalue weighted by atomic mass is 10.1. The van der Waals surface area contributed by atoms with Gasteiger partial charge in [0.25, 0.3) is 0 Å². The highest BCUT2D eigenvalue weighted by Gasteiger charge is 2.27. The molecule has 0 bridgehead atoms. The number of benzene rings is 3. The third-order valence-corrected chi connectivity index (χ3v) is 4.89. The minimum atomic E-state index is -0.389. The highest BCUT2D eigenvalue weighted by molar-refractivity contribution is 7.80. The molecule has 0 aliphatic carbocycles. The van der Waals surface area contributed by atoms with E-state index in [2.05, 4.69) is 16.0 Å². The molecule has 1 atom stereocenters. The van der Waals surface area contributed by atoms with Gasteiger partial charge in [-0.05, 0) is 60.2 Å². The molecule has 7 heteroatoms. The predicted octanol–water partition coefficient (Wildman–Crippen LogP) is 4.34. The number of amides is 1. The van der Waals surface area contributed by atoms with Crippen LogP contribution in [0.25, 0.3) is 0 Å². The van der Waals surface area contributed by atoms with Crippen LogP contribution in [0.2, 0.25) is 0 Å². The van der Waals surface area contributed by atoms with Crippen LogP contribution in [-0.4, -0.2) is 24.2 Å². The Bertz CT molecular complexity index is 1070. The second kappa shape index (κ2) is 8.84. The van der Waals surface area contributed by atoms with Crippen LogP contribution in [0.1, 0.15) is 5.56 Å². The molecule has 3 aromatic rings. The van der Waals surface area contributed by atoms with E-state index in [0.717, 1.165) is 28.4 Å². The van der Waals surface area contributed by atoms with Gasteiger partial charge in [-0.1, -0.05) is 24.3 Å². The number of nitrogens with one attached hydrogen (secondary N) is 3. The van der Waals surface area contributed by atoms with E-state index < -0.39 is 0 Å². The molecule has 0 saturated carbocycles. The van der Waals surface area contributed by atoms with Crippen molar-refractivity contribution in [3.63, 3.8) is 0 Å². The van der Waals surface area contributed by atoms with E-state index in [1.807, 2.05) is 72.8 Å². The van der Waals surface area contributed by atoms with Gasteiger partial charge < -0.3 is 25.4 Å². The van der Waals surface area contributed by atoms with E-state index >= 15 is 0 Å². The first-order valence-corrected chi connectivity index (χ1v) is 9.90. The Morgan fingerprint density at radius 1 is 1.00 bits per heavy atom. The molecule has 3 N–H and O–H groups in total. The van der Waals surface area contributed by atoms with Gasteiger partial charge in [0, 0.05) is 23.9 Å². The van der Waals surface area contributed by atoms with Gasteiger partial charge in [0.2, 0.25) is 5.91 Å². The number of rotatable bonds is 5. The predicted molar refractivity (Wildman–Crippen MR) is 121 cm³/mol. The Kier molecular flexibility index (Phi) is 5.81. The summed E-state index contributed by atoms with van der Waals surface area (Å²) in [5.41, 5.74) is 2.70. The summed E-state index contributed by atoms with van der Waals surface area (Å²) in [6.07, 6.45) is 0.571. The second-order valence-corrected chi connectivity index (χ2v) is 7.22. The third-order valence-electron chi connectivity index (χ3n) is 4.69. The molecule has 0 radical (unpaired) electrons. The van der Waals surface area contributed by atoms with Gasteiger partial charge >= 0.3 is 0 Å². The summed E-state index contributed by atoms with van der Waals surface area (Å²) >= 11 is 5.32. The van der Waals surface area contributed by atoms with Crippen LogP contribution in [-0.2, 0) is 11.2 Å². The van der Waals surface area contributed by atoms with Gasteiger partial charge in [0.1, 0.15) is 23.3 Å². The molecule has 0 spiro atoms. The Morgan fingerprint density at radius 3 is 2.60 bits per heavy atom. The second-order valence-electron chi connectivity index (χ2n) is 6.81. The minimum absolute atomic E-state index is 0.195. The lowest BCUT2D eigenvalue weighted by molar-refractivity contribution is -0.120. The number of thiocarbonyl (C=S) groups is 1. The molecule has 6 nitrogen and oxygen atoms in total. The van der Waals surface area contributed by atoms with Crippen molar-refractivity contribution in [2.75, 3.05) is 17.7 Å². The molecule has 1 unspecified atom stereocenters. The third kappa shape index (κ3) is 4.69. The first-order valence-electron chi connectivity index (χ1n) is 9.49. The van der Waals surface area contributed by atoms with Crippen LogP contribution < -0.4 is 25.4 Å². The van der Waals surface area contributed by atoms with Crippen molar-refractivity contribution < 1.29 is 14.3 Å². The zero-order valence-corrected chi connectivity index (χ0v) is 17.2. The normalized spacial score (nSPS) is 14.2. The van der Waals surface area contributed by atoms with E-state index in [0.29, 0.717) is 12.2 Å². The largest absolute Gasteiger partial charge is 0.497 e. The first kappa shape index (κ1) is 19.7. The quantitative estimate of drug-likeness (QED) is 0.535. The SMILES string of the molecule is COc1ccc2c(c1)CC(C(=O)NC(=S)Nc1cccc(Oc3ccccc3)c1)N2. The van der Waals surface area contributed by atoms with Crippen LogP contribution in [0.3, 0.4) is 0 Å². The number of para-hydroxylation sites is 1. The summed E-state index contributed by atoms with van der Waals surface area (Å²) in [6.45, 7) is 0. The molecule has 1 aliphatic heterocycles. The Balaban J connectivity index is 1.33. The summed E-state index contributed by atoms with van der Waals surface area (Å²) in [5, 5.41) is 9.23. The fourth-order valence-electron chi connectivity index (χ4n) is 3.25. The zero-order valence-electron chi connectivity index (χ0n) is 16.3. The maximum Gasteiger partial charge on any atom is 0.248 e. The standard InChI is InChI=1S/C23H21N3O3S/c1-28-18-10-11-20-15(12-18)13-21(25-20)22(27)26-23(30)24-16-6-5-9-19(14-16)29-17-7-3-2-4-8-17/h2-12,14,21,25H,13H2,1H3,(H2,24,26,27,30). The van der Waals surface area contributed by atoms with Gasteiger partial charge in [0.05, 0.1) is 7.11 Å². The highest BCUT2D eigenvalue weighted by Crippen LogP contribution is 2.29. The van der Waals surface area contributed by atoms with E-state index in [1.54, 1.807) is 7.11 Å². The van der Waals surface area contributed by atoms with Gasteiger partial charge in [-0.3, -0.25) is 4.79 Å². The van der Waals surface area contributed by atoms with Gasteiger partial charge in [-0.15, -0.1) is 0 Å². The Hall–Kier alpha value is -3.58. The number of fused-ring (bicyclic) bond motifs is 1. The maximum atomic E-state index is 12.6. The average molecular weight is 420 g/mol. The van der Waals surface area contributed by atoms with Gasteiger partial charge in [-0.2, -0.15) is 0 Å². The van der Waals surface area contributed by atoms with E-state index in [1.165, 1.54) is 0 Å². The number of anilines is 2. The van der Waals surface area contributed by atoms with Crippen LogP contribution in [0.4, 0.5) is 11.4 Å². The summed E-state index contributed by atoms with van der Waals surface area (Å²) < 4.78 is 11.1. The number of ether oxygens (including phenoxy) is 2. The lowest BCUT2D eigenvalue weighted by Crippen LogP contribution is -2.43. The molecule has 0 fully saturated rings. The number of carbonyl (C=O) groups excluding carboxylic acids is 1. The Morgan fingerprint density at radius 2 is 1.80 bits per heavy atom. The molecular formula is C23H21N3O3S. The molecule has 4 rings (SSSR count). The smallest absolute Gasteiger partial charge is 0.248 e. The van der Waals surface area contributed by atoms with Crippen molar-refractivity contribution in [3.05, 3.63) is 78.4 Å². The van der Waals surface area contributed by atoms with Crippen molar-refractivity contribution in [3.8, 4) is 17.2 Å². The van der Waals surface area contributed by atoms with E-state index in [-0.39, 0.29) is 17.1 Å². The molecule has 1 aliphatic rings. The fraction of sp³-hybridized carbons (Fsp3) is 0.130. The topological polar surface area (TPSA) is 71.6 Å². The van der Waals surface area contributed by atoms with Crippen LogP contribution in [0, 0.1) is 0 Å². The van der Waals surface area contributed by atoms with Crippen molar-refractivity contribution in [1.29, 1.82) is 0 Å². The highest BCUT2D eigenvalue weighted by atomic mass is 32.1. The fourth-order valence-corrected chi connectivity index (χ4v) is 3.47. The van der Waals surface area contributed by atoms with Crippen LogP contribution in [0.5, 0.6) is 17.2 Å². The summed E-state index contributed by atoms with van der Waals surface area (Å²) in [5.74, 6) is 1.99. The molecule has 0 saturated heterocycles. The Labute approximate surface area is 180 Å². The molecule has 30 heavy (non-hydrogen) atoms. The summed E-state index contributed by atoms with van der Waals surface area (Å²) in [7, 11) is 1.62. The maximum absolute atomic E-state index is 12.6. The molecule has 152 valence electrons. The first-order chi connectivity index (χ1) is 14.6. The van der Waals surface area contributed by atoms with Crippen molar-refractivity contribution >= 4 is 34.6 Å². The number of methoxy groups -OCH3 is 1. The number of hydrogen-bond donors (Lipinski definition) is 3. The van der Waals surface area contributed by atoms with Crippen LogP contribution in [0.15, 0.2) is 72.8 Å². The van der Waals surface area contributed by atoms with Crippen molar-refractivity contribution in [2.24, 2.45) is 0 Å². The monoisotopic (exact) mass is 419 g/mol. The van der Waals surface area contributed by atoms with Gasteiger partial charge in [-0.25, -0.2) is 0 Å². The summed E-state index contributed by atoms with van der Waals surface area (Å²) in [6, 6.07) is 22.2. The minimum Gasteiger partial charge on any atom is -0.497 e. The van der Waals surface area contributed by atoms with Crippen molar-refractivity contribution in [2.45, 2.75) is 12.5 Å². The molecular weight excluding hydrogens is 398 g/mol. The van der Waals surface area contributed by atoms with Crippen LogP contribution >= 0.6 is 12.2 Å².